The van der Waals surface area contributed by atoms with Crippen LogP contribution < -0.4 is 5.32 Å². The Hall–Kier alpha value is -0.0736. The minimum absolute atomic E-state index is 0. The van der Waals surface area contributed by atoms with Crippen LogP contribution in [0.25, 0.3) is 0 Å². The summed E-state index contributed by atoms with van der Waals surface area (Å²) in [4.78, 5) is 10.6. The summed E-state index contributed by atoms with van der Waals surface area (Å²) in [6, 6.07) is 4.62. The molecule has 15 heavy (non-hydrogen) atoms. The third kappa shape index (κ3) is 5.53. The molecule has 0 spiro atoms. The van der Waals surface area contributed by atoms with Crippen molar-refractivity contribution in [2.24, 2.45) is 0 Å². The first kappa shape index (κ1) is 14.9. The second-order valence-corrected chi connectivity index (χ2v) is 3.06. The molecule has 0 unspecified atom stereocenters. The van der Waals surface area contributed by atoms with E-state index in [9.17, 15) is 9.90 Å². The van der Waals surface area contributed by atoms with Gasteiger partial charge in [-0.3, -0.25) is 4.79 Å². The van der Waals surface area contributed by atoms with E-state index in [0.717, 1.165) is 5.56 Å². The quantitative estimate of drug-likeness (QED) is 0.523. The summed E-state index contributed by atoms with van der Waals surface area (Å²) in [5.41, 5.74) is 0.869. The fourth-order valence-corrected chi connectivity index (χ4v) is 1.11. The number of nitrogens with one attached hydrogen (secondary N) is 1. The summed E-state index contributed by atoms with van der Waals surface area (Å²) in [6.07, 6.45) is 0.632. The number of rotatable bonds is 3. The van der Waals surface area contributed by atoms with Crippen LogP contribution in [0.3, 0.4) is 0 Å². The summed E-state index contributed by atoms with van der Waals surface area (Å²) in [7, 11) is 0. The third-order valence-corrected chi connectivity index (χ3v) is 1.83. The molecule has 5 heteroatoms. The van der Waals surface area contributed by atoms with E-state index in [1.807, 2.05) is 0 Å². The molecule has 77 valence electrons. The Bertz CT molecular complexity index is 341. The normalized spacial score (nSPS) is 9.13. The van der Waals surface area contributed by atoms with Crippen molar-refractivity contribution < 1.29 is 15.0 Å². The average molecular weight is 234 g/mol. The molecule has 0 aliphatic carbocycles. The van der Waals surface area contributed by atoms with Gasteiger partial charge in [-0.15, -0.1) is 0 Å². The predicted molar refractivity (Wildman–Crippen MR) is 57.9 cm³/mol. The van der Waals surface area contributed by atoms with Crippen LogP contribution in [0, 0.1) is 0 Å². The molecule has 0 saturated heterocycles. The Morgan fingerprint density at radius 3 is 2.53 bits per heavy atom. The van der Waals surface area contributed by atoms with E-state index in [2.05, 4.69) is 5.32 Å². The van der Waals surface area contributed by atoms with E-state index in [-0.39, 0.29) is 68.8 Å². The molecular formula is C10H13KNO3. The maximum absolute atomic E-state index is 10.6. The molecule has 3 N–H and O–H groups in total. The maximum Gasteiger partial charge on any atom is 0.216 e. The second kappa shape index (κ2) is 7.24. The molecule has 1 radical (unpaired) electrons. The second-order valence-electron chi connectivity index (χ2n) is 3.06. The van der Waals surface area contributed by atoms with Crippen LogP contribution in [0.1, 0.15) is 12.5 Å². The zero-order valence-corrected chi connectivity index (χ0v) is 12.1. The summed E-state index contributed by atoms with van der Waals surface area (Å²) in [6.45, 7) is 1.98. The third-order valence-electron chi connectivity index (χ3n) is 1.83. The van der Waals surface area contributed by atoms with Crippen LogP contribution in [-0.4, -0.2) is 74.0 Å². The fraction of sp³-hybridized carbons (Fsp3) is 0.300. The van der Waals surface area contributed by atoms with E-state index in [4.69, 9.17) is 5.11 Å². The van der Waals surface area contributed by atoms with E-state index < -0.39 is 0 Å². The molecule has 1 aromatic carbocycles. The van der Waals surface area contributed by atoms with Crippen molar-refractivity contribution in [1.29, 1.82) is 0 Å². The van der Waals surface area contributed by atoms with Gasteiger partial charge in [-0.05, 0) is 24.1 Å². The first-order valence-corrected chi connectivity index (χ1v) is 4.35. The van der Waals surface area contributed by atoms with Crippen molar-refractivity contribution >= 4 is 57.3 Å². The largest absolute Gasteiger partial charge is 0.504 e. The molecule has 0 bridgehead atoms. The molecule has 1 rings (SSSR count). The van der Waals surface area contributed by atoms with Crippen molar-refractivity contribution in [3.63, 3.8) is 0 Å². The van der Waals surface area contributed by atoms with Crippen molar-refractivity contribution in [2.45, 2.75) is 13.3 Å². The molecular weight excluding hydrogens is 221 g/mol. The standard InChI is InChI=1S/C10H13NO3.K/c1-7(12)11-5-4-8-2-3-9(13)10(14)6-8;/h2-3,6,13-14H,4-5H2,1H3,(H,11,12);. The molecule has 0 fully saturated rings. The van der Waals surface area contributed by atoms with Gasteiger partial charge in [0.15, 0.2) is 11.5 Å². The van der Waals surface area contributed by atoms with Gasteiger partial charge in [-0.1, -0.05) is 6.07 Å². The molecule has 0 atom stereocenters. The summed E-state index contributed by atoms with van der Waals surface area (Å²) in [5, 5.41) is 20.9. The minimum atomic E-state index is -0.134. The van der Waals surface area contributed by atoms with Gasteiger partial charge in [-0.2, -0.15) is 0 Å². The van der Waals surface area contributed by atoms with Gasteiger partial charge < -0.3 is 15.5 Å². The number of phenolic OH excluding ortho intramolecular Hbond substituents is 2. The van der Waals surface area contributed by atoms with Gasteiger partial charge in [0.25, 0.3) is 0 Å². The Morgan fingerprint density at radius 1 is 1.33 bits per heavy atom. The number of carbonyl (C=O) groups excluding carboxylic acids is 1. The van der Waals surface area contributed by atoms with Crippen molar-refractivity contribution in [2.75, 3.05) is 6.54 Å². The fourth-order valence-electron chi connectivity index (χ4n) is 1.11. The Labute approximate surface area is 131 Å². The number of hydrogen-bond acceptors (Lipinski definition) is 3. The van der Waals surface area contributed by atoms with Gasteiger partial charge in [0.1, 0.15) is 0 Å². The summed E-state index contributed by atoms with van der Waals surface area (Å²) >= 11 is 0. The first-order valence-electron chi connectivity index (χ1n) is 4.35. The van der Waals surface area contributed by atoms with Crippen LogP contribution in [-0.2, 0) is 11.2 Å². The smallest absolute Gasteiger partial charge is 0.216 e. The topological polar surface area (TPSA) is 69.6 Å². The van der Waals surface area contributed by atoms with Gasteiger partial charge in [0.05, 0.1) is 0 Å². The molecule has 0 aliphatic rings. The molecule has 0 aliphatic heterocycles. The Morgan fingerprint density at radius 2 is 2.00 bits per heavy atom. The van der Waals surface area contributed by atoms with Gasteiger partial charge in [0, 0.05) is 64.9 Å². The van der Waals surface area contributed by atoms with E-state index in [0.29, 0.717) is 13.0 Å². The van der Waals surface area contributed by atoms with Gasteiger partial charge in [0.2, 0.25) is 5.91 Å². The number of benzene rings is 1. The molecule has 0 saturated carbocycles. The number of aromatic hydroxyl groups is 2. The zero-order valence-electron chi connectivity index (χ0n) is 8.95. The van der Waals surface area contributed by atoms with Crippen LogP contribution in [0.4, 0.5) is 0 Å². The van der Waals surface area contributed by atoms with Crippen molar-refractivity contribution in [1.82, 2.24) is 5.32 Å². The predicted octanol–water partition coefficient (Wildman–Crippen LogP) is 0.396. The summed E-state index contributed by atoms with van der Waals surface area (Å²) < 4.78 is 0. The van der Waals surface area contributed by atoms with E-state index in [1.54, 1.807) is 6.07 Å². The number of amides is 1. The van der Waals surface area contributed by atoms with Gasteiger partial charge in [-0.25, -0.2) is 0 Å². The number of phenols is 2. The van der Waals surface area contributed by atoms with Crippen LogP contribution in [0.2, 0.25) is 0 Å². The van der Waals surface area contributed by atoms with Crippen molar-refractivity contribution in [3.8, 4) is 11.5 Å². The van der Waals surface area contributed by atoms with Crippen molar-refractivity contribution in [3.05, 3.63) is 23.8 Å². The molecule has 4 nitrogen and oxygen atoms in total. The van der Waals surface area contributed by atoms with E-state index in [1.165, 1.54) is 19.1 Å². The van der Waals surface area contributed by atoms with Crippen LogP contribution in [0.5, 0.6) is 11.5 Å². The monoisotopic (exact) mass is 234 g/mol. The molecule has 1 aromatic rings. The maximum atomic E-state index is 10.6. The number of hydrogen-bond donors (Lipinski definition) is 3. The molecule has 0 heterocycles. The molecule has 1 amide bonds. The van der Waals surface area contributed by atoms with Crippen LogP contribution in [0.15, 0.2) is 18.2 Å². The number of carbonyl (C=O) groups is 1. The Kier molecular flexibility index (Phi) is 7.21. The van der Waals surface area contributed by atoms with Crippen LogP contribution >= 0.6 is 0 Å². The first-order chi connectivity index (χ1) is 6.59. The minimum Gasteiger partial charge on any atom is -0.504 e. The van der Waals surface area contributed by atoms with E-state index >= 15 is 0 Å². The molecule has 0 aromatic heterocycles. The summed E-state index contributed by atoms with van der Waals surface area (Å²) in [5.74, 6) is -0.341. The van der Waals surface area contributed by atoms with Gasteiger partial charge >= 0.3 is 0 Å². The Balaban J connectivity index is 0.00000196. The zero-order chi connectivity index (χ0) is 10.6. The average Bonchev–Trinajstić information content (AvgIpc) is 2.10. The SMILES string of the molecule is CC(=O)NCCc1ccc(O)c(O)c1.[K].